The van der Waals surface area contributed by atoms with Gasteiger partial charge in [0.2, 0.25) is 0 Å². The fourth-order valence-electron chi connectivity index (χ4n) is 3.55. The molecule has 0 aliphatic carbocycles. The molecule has 2 aromatic rings. The fourth-order valence-corrected chi connectivity index (χ4v) is 4.40. The van der Waals surface area contributed by atoms with Crippen LogP contribution < -0.4 is 5.32 Å². The van der Waals surface area contributed by atoms with Crippen LogP contribution in [0.25, 0.3) is 0 Å². The second-order valence-electron chi connectivity index (χ2n) is 6.42. The van der Waals surface area contributed by atoms with Gasteiger partial charge >= 0.3 is 12.1 Å². The van der Waals surface area contributed by atoms with E-state index >= 15 is 0 Å². The van der Waals surface area contributed by atoms with Crippen LogP contribution >= 0.6 is 11.3 Å². The number of carbonyl (C=O) groups excluding carboxylic acids is 2. The highest BCUT2D eigenvalue weighted by atomic mass is 32.1. The first-order valence-corrected chi connectivity index (χ1v) is 9.76. The molecule has 2 aromatic heterocycles. The van der Waals surface area contributed by atoms with Gasteiger partial charge in [-0.05, 0) is 30.0 Å². The Morgan fingerprint density at radius 1 is 1.27 bits per heavy atom. The number of thiophene rings is 1. The predicted octanol–water partition coefficient (Wildman–Crippen LogP) is 2.51. The molecule has 4 rings (SSSR count). The summed E-state index contributed by atoms with van der Waals surface area (Å²) in [5, 5.41) is 5.01. The average molecular weight is 374 g/mol. The van der Waals surface area contributed by atoms with E-state index in [1.807, 2.05) is 22.4 Å². The molecule has 0 spiro atoms. The Balaban J connectivity index is 1.42. The zero-order valence-corrected chi connectivity index (χ0v) is 15.3. The van der Waals surface area contributed by atoms with Crippen molar-refractivity contribution in [3.8, 4) is 0 Å². The molecule has 1 unspecified atom stereocenters. The lowest BCUT2D eigenvalue weighted by Gasteiger charge is -2.36. The number of aromatic nitrogens is 1. The molecule has 0 aromatic carbocycles. The molecular weight excluding hydrogens is 352 g/mol. The highest BCUT2D eigenvalue weighted by Gasteiger charge is 2.32. The molecule has 8 heteroatoms. The van der Waals surface area contributed by atoms with Crippen molar-refractivity contribution in [2.24, 2.45) is 0 Å². The van der Waals surface area contributed by atoms with Crippen LogP contribution in [0.1, 0.15) is 23.0 Å². The number of hydrogen-bond acceptors (Lipinski definition) is 4. The smallest absolute Gasteiger partial charge is 0.409 e. The van der Waals surface area contributed by atoms with Crippen molar-refractivity contribution in [3.05, 3.63) is 46.4 Å². The summed E-state index contributed by atoms with van der Waals surface area (Å²) in [6, 6.07) is 8.02. The van der Waals surface area contributed by atoms with E-state index in [-0.39, 0.29) is 18.2 Å². The number of cyclic esters (lactones) is 1. The van der Waals surface area contributed by atoms with Crippen LogP contribution in [0.4, 0.5) is 9.59 Å². The van der Waals surface area contributed by atoms with E-state index in [0.29, 0.717) is 32.8 Å². The van der Waals surface area contributed by atoms with E-state index in [0.717, 1.165) is 23.5 Å². The maximum atomic E-state index is 12.8. The molecule has 1 fully saturated rings. The molecule has 2 aliphatic heterocycles. The largest absolute Gasteiger partial charge is 0.449 e. The molecule has 26 heavy (non-hydrogen) atoms. The van der Waals surface area contributed by atoms with Gasteiger partial charge in [0.25, 0.3) is 0 Å². The lowest BCUT2D eigenvalue weighted by molar-refractivity contribution is 0.0731. The molecule has 0 saturated carbocycles. The summed E-state index contributed by atoms with van der Waals surface area (Å²) in [7, 11) is 0. The summed E-state index contributed by atoms with van der Waals surface area (Å²) in [5.41, 5.74) is 1.13. The third-order valence-electron chi connectivity index (χ3n) is 4.83. The van der Waals surface area contributed by atoms with Crippen molar-refractivity contribution in [2.45, 2.75) is 19.0 Å². The van der Waals surface area contributed by atoms with E-state index in [1.54, 1.807) is 16.2 Å². The minimum Gasteiger partial charge on any atom is -0.449 e. The number of nitrogens with zero attached hydrogens (tertiary/aromatic N) is 3. The van der Waals surface area contributed by atoms with E-state index < -0.39 is 0 Å². The highest BCUT2D eigenvalue weighted by Crippen LogP contribution is 2.34. The van der Waals surface area contributed by atoms with Crippen molar-refractivity contribution in [1.29, 1.82) is 0 Å². The van der Waals surface area contributed by atoms with E-state index in [2.05, 4.69) is 28.2 Å². The van der Waals surface area contributed by atoms with Gasteiger partial charge < -0.3 is 24.4 Å². The Bertz CT molecular complexity index is 773. The number of fused-ring (bicyclic) bond motifs is 1. The summed E-state index contributed by atoms with van der Waals surface area (Å²) in [6.07, 6.45) is 2.61. The molecule has 1 saturated heterocycles. The summed E-state index contributed by atoms with van der Waals surface area (Å²) in [4.78, 5) is 29.2. The molecule has 7 nitrogen and oxygen atoms in total. The molecule has 138 valence electrons. The van der Waals surface area contributed by atoms with Crippen molar-refractivity contribution >= 4 is 23.5 Å². The number of hydrogen-bond donors (Lipinski definition) is 1. The first-order valence-electron chi connectivity index (χ1n) is 8.88. The highest BCUT2D eigenvalue weighted by molar-refractivity contribution is 7.10. The van der Waals surface area contributed by atoms with Crippen molar-refractivity contribution in [1.82, 2.24) is 19.7 Å². The minimum absolute atomic E-state index is 0.0706. The first-order chi connectivity index (χ1) is 12.7. The Morgan fingerprint density at radius 2 is 2.19 bits per heavy atom. The molecule has 1 atom stereocenters. The lowest BCUT2D eigenvalue weighted by Crippen LogP contribution is -2.49. The number of nitrogens with one attached hydrogen (secondary N) is 1. The monoisotopic (exact) mass is 374 g/mol. The first kappa shape index (κ1) is 17.0. The van der Waals surface area contributed by atoms with Crippen LogP contribution in [0.5, 0.6) is 0 Å². The van der Waals surface area contributed by atoms with Crippen LogP contribution in [0.15, 0.2) is 35.8 Å². The molecule has 3 amide bonds. The average Bonchev–Trinajstić information content (AvgIpc) is 3.34. The zero-order chi connectivity index (χ0) is 17.9. The number of amides is 3. The molecule has 1 N–H and O–H groups in total. The van der Waals surface area contributed by atoms with Crippen LogP contribution in [0, 0.1) is 0 Å². The molecule has 2 aliphatic rings. The summed E-state index contributed by atoms with van der Waals surface area (Å²) in [5.74, 6) is 0. The van der Waals surface area contributed by atoms with Crippen LogP contribution in [0.2, 0.25) is 0 Å². The van der Waals surface area contributed by atoms with Crippen molar-refractivity contribution in [3.63, 3.8) is 0 Å². The number of urea groups is 1. The standard InChI is InChI=1S/C18H22N4O3S/c23-17(19-6-9-21-8-3-12-25-18(21)24)22-11-10-20-7-1-4-14(20)16(22)15-5-2-13-26-15/h1-2,4-5,7,13,16H,3,6,8-12H2,(H,19,23). The quantitative estimate of drug-likeness (QED) is 0.894. The third kappa shape index (κ3) is 3.29. The second kappa shape index (κ2) is 7.41. The van der Waals surface area contributed by atoms with Gasteiger partial charge in [-0.1, -0.05) is 6.07 Å². The van der Waals surface area contributed by atoms with Crippen LogP contribution in [-0.4, -0.2) is 59.3 Å². The normalized spacial score (nSPS) is 19.8. The molecule has 0 radical (unpaired) electrons. The number of carbonyl (C=O) groups is 2. The van der Waals surface area contributed by atoms with Gasteiger partial charge in [0.05, 0.1) is 6.61 Å². The van der Waals surface area contributed by atoms with Crippen molar-refractivity contribution < 1.29 is 14.3 Å². The van der Waals surface area contributed by atoms with Gasteiger partial charge in [0.15, 0.2) is 0 Å². The molecular formula is C18H22N4O3S. The maximum absolute atomic E-state index is 12.8. The van der Waals surface area contributed by atoms with Gasteiger partial charge in [-0.25, -0.2) is 9.59 Å². The molecule has 4 heterocycles. The second-order valence-corrected chi connectivity index (χ2v) is 7.40. The number of ether oxygens (including phenoxy) is 1. The Labute approximate surface area is 156 Å². The van der Waals surface area contributed by atoms with E-state index in [1.165, 1.54) is 0 Å². The summed E-state index contributed by atoms with van der Waals surface area (Å²) >= 11 is 1.66. The van der Waals surface area contributed by atoms with Gasteiger partial charge in [0, 0.05) is 49.5 Å². The zero-order valence-electron chi connectivity index (χ0n) is 14.5. The predicted molar refractivity (Wildman–Crippen MR) is 98.2 cm³/mol. The maximum Gasteiger partial charge on any atom is 0.409 e. The van der Waals surface area contributed by atoms with Gasteiger partial charge in [-0.2, -0.15) is 0 Å². The van der Waals surface area contributed by atoms with E-state index in [4.69, 9.17) is 4.74 Å². The summed E-state index contributed by atoms with van der Waals surface area (Å²) < 4.78 is 7.23. The van der Waals surface area contributed by atoms with Gasteiger partial charge in [0.1, 0.15) is 6.04 Å². The lowest BCUT2D eigenvalue weighted by atomic mass is 10.1. The third-order valence-corrected chi connectivity index (χ3v) is 5.75. The van der Waals surface area contributed by atoms with E-state index in [9.17, 15) is 9.59 Å². The number of rotatable bonds is 4. The minimum atomic E-state index is -0.294. The van der Waals surface area contributed by atoms with Crippen LogP contribution in [0.3, 0.4) is 0 Å². The van der Waals surface area contributed by atoms with Gasteiger partial charge in [-0.3, -0.25) is 0 Å². The van der Waals surface area contributed by atoms with Crippen molar-refractivity contribution in [2.75, 3.05) is 32.8 Å². The Morgan fingerprint density at radius 3 is 3.00 bits per heavy atom. The molecule has 0 bridgehead atoms. The van der Waals surface area contributed by atoms with Gasteiger partial charge in [-0.15, -0.1) is 11.3 Å². The Hall–Kier alpha value is -2.48. The fraction of sp³-hybridized carbons (Fsp3) is 0.444. The Kier molecular flexibility index (Phi) is 4.83. The topological polar surface area (TPSA) is 66.8 Å². The SMILES string of the molecule is O=C1OCCCN1CCNC(=O)N1CCn2cccc2C1c1cccs1. The van der Waals surface area contributed by atoms with Crippen LogP contribution in [-0.2, 0) is 11.3 Å². The summed E-state index contributed by atoms with van der Waals surface area (Å²) in [6.45, 7) is 3.50.